The first-order valence-electron chi connectivity index (χ1n) is 4.40. The normalized spacial score (nSPS) is 10.7. The number of aromatic nitrogens is 1. The molecule has 0 aliphatic carbocycles. The number of rotatable bonds is 0. The van der Waals surface area contributed by atoms with Crippen LogP contribution in [-0.4, -0.2) is 10.2 Å². The smallest absolute Gasteiger partial charge is 0.185 e. The van der Waals surface area contributed by atoms with Crippen molar-refractivity contribution in [2.24, 2.45) is 7.05 Å². The van der Waals surface area contributed by atoms with Crippen LogP contribution in [0, 0.1) is 6.92 Å². The third-order valence-corrected chi connectivity index (χ3v) is 2.54. The molecule has 1 aromatic heterocycles. The predicted molar refractivity (Wildman–Crippen MR) is 53.2 cm³/mol. The van der Waals surface area contributed by atoms with Crippen molar-refractivity contribution in [3.63, 3.8) is 0 Å². The SMILES string of the molecule is Cc1c2cc(O)c(O)cc2cc[n+]1C. The van der Waals surface area contributed by atoms with Crippen molar-refractivity contribution in [3.8, 4) is 11.5 Å². The molecule has 0 aliphatic rings. The van der Waals surface area contributed by atoms with Crippen LogP contribution in [0.25, 0.3) is 10.8 Å². The molecule has 2 aromatic rings. The number of aryl methyl sites for hydroxylation is 2. The average molecular weight is 190 g/mol. The number of nitrogens with zero attached hydrogens (tertiary/aromatic N) is 1. The summed E-state index contributed by atoms with van der Waals surface area (Å²) in [6.07, 6.45) is 1.92. The molecule has 0 bridgehead atoms. The van der Waals surface area contributed by atoms with Gasteiger partial charge in [-0.15, -0.1) is 0 Å². The first-order valence-corrected chi connectivity index (χ1v) is 4.40. The average Bonchev–Trinajstić information content (AvgIpc) is 2.15. The topological polar surface area (TPSA) is 44.3 Å². The third kappa shape index (κ3) is 1.18. The van der Waals surface area contributed by atoms with Crippen molar-refractivity contribution < 1.29 is 14.8 Å². The van der Waals surface area contributed by atoms with Crippen LogP contribution in [0.4, 0.5) is 0 Å². The van der Waals surface area contributed by atoms with Gasteiger partial charge < -0.3 is 10.2 Å². The van der Waals surface area contributed by atoms with E-state index in [1.807, 2.05) is 30.8 Å². The lowest BCUT2D eigenvalue weighted by molar-refractivity contribution is -0.676. The van der Waals surface area contributed by atoms with Crippen LogP contribution in [0.1, 0.15) is 5.69 Å². The van der Waals surface area contributed by atoms with Crippen LogP contribution in [0.3, 0.4) is 0 Å². The van der Waals surface area contributed by atoms with E-state index in [0.717, 1.165) is 16.5 Å². The van der Waals surface area contributed by atoms with E-state index in [1.165, 1.54) is 0 Å². The number of phenolic OH excluding ortho intramolecular Hbond substituents is 2. The largest absolute Gasteiger partial charge is 0.504 e. The van der Waals surface area contributed by atoms with Crippen molar-refractivity contribution in [1.29, 1.82) is 0 Å². The van der Waals surface area contributed by atoms with Crippen LogP contribution in [0.5, 0.6) is 11.5 Å². The van der Waals surface area contributed by atoms with Crippen LogP contribution in [0.15, 0.2) is 24.4 Å². The summed E-state index contributed by atoms with van der Waals surface area (Å²) < 4.78 is 1.97. The summed E-state index contributed by atoms with van der Waals surface area (Å²) in [5.74, 6) is -0.155. The lowest BCUT2D eigenvalue weighted by Crippen LogP contribution is -2.30. The number of pyridine rings is 1. The highest BCUT2D eigenvalue weighted by atomic mass is 16.3. The fourth-order valence-corrected chi connectivity index (χ4v) is 1.54. The third-order valence-electron chi connectivity index (χ3n) is 2.54. The minimum Gasteiger partial charge on any atom is -0.504 e. The van der Waals surface area contributed by atoms with E-state index in [0.29, 0.717) is 0 Å². The Morgan fingerprint density at radius 2 is 1.79 bits per heavy atom. The van der Waals surface area contributed by atoms with Crippen LogP contribution in [0.2, 0.25) is 0 Å². The van der Waals surface area contributed by atoms with Crippen LogP contribution >= 0.6 is 0 Å². The fourth-order valence-electron chi connectivity index (χ4n) is 1.54. The van der Waals surface area contributed by atoms with Crippen molar-refractivity contribution in [2.45, 2.75) is 6.92 Å². The van der Waals surface area contributed by atoms with Gasteiger partial charge in [-0.05, 0) is 17.5 Å². The van der Waals surface area contributed by atoms with Crippen LogP contribution in [-0.2, 0) is 7.05 Å². The van der Waals surface area contributed by atoms with Crippen LogP contribution < -0.4 is 4.57 Å². The molecule has 0 radical (unpaired) electrons. The zero-order chi connectivity index (χ0) is 10.3. The summed E-state index contributed by atoms with van der Waals surface area (Å²) in [6, 6.07) is 5.05. The lowest BCUT2D eigenvalue weighted by atomic mass is 10.1. The number of hydrogen-bond donors (Lipinski definition) is 2. The molecular weight excluding hydrogens is 178 g/mol. The molecule has 1 aromatic carbocycles. The predicted octanol–water partition coefficient (Wildman–Crippen LogP) is 1.38. The second kappa shape index (κ2) is 2.87. The maximum atomic E-state index is 9.37. The number of aromatic hydroxyl groups is 2. The zero-order valence-electron chi connectivity index (χ0n) is 8.15. The summed E-state index contributed by atoms with van der Waals surface area (Å²) >= 11 is 0. The molecule has 0 spiro atoms. The van der Waals surface area contributed by atoms with Crippen molar-refractivity contribution in [2.75, 3.05) is 0 Å². The molecule has 0 unspecified atom stereocenters. The summed E-state index contributed by atoms with van der Waals surface area (Å²) in [6.45, 7) is 1.97. The molecule has 0 fully saturated rings. The Balaban J connectivity index is 2.89. The van der Waals surface area contributed by atoms with E-state index < -0.39 is 0 Å². The fraction of sp³-hybridized carbons (Fsp3) is 0.182. The van der Waals surface area contributed by atoms with E-state index in [9.17, 15) is 10.2 Å². The van der Waals surface area contributed by atoms with Crippen molar-refractivity contribution in [1.82, 2.24) is 0 Å². The minimum atomic E-state index is -0.0780. The maximum absolute atomic E-state index is 9.37. The van der Waals surface area contributed by atoms with E-state index in [2.05, 4.69) is 0 Å². The monoisotopic (exact) mass is 190 g/mol. The number of fused-ring (bicyclic) bond motifs is 1. The molecule has 3 heteroatoms. The number of phenols is 2. The summed E-state index contributed by atoms with van der Waals surface area (Å²) in [5.41, 5.74) is 1.05. The van der Waals surface area contributed by atoms with Gasteiger partial charge in [0.2, 0.25) is 0 Å². The van der Waals surface area contributed by atoms with Gasteiger partial charge in [-0.2, -0.15) is 0 Å². The van der Waals surface area contributed by atoms with Crippen molar-refractivity contribution >= 4 is 10.8 Å². The Bertz CT molecular complexity index is 506. The molecule has 0 saturated heterocycles. The summed E-state index contributed by atoms with van der Waals surface area (Å²) in [4.78, 5) is 0. The lowest BCUT2D eigenvalue weighted by Gasteiger charge is -2.02. The highest BCUT2D eigenvalue weighted by Crippen LogP contribution is 2.30. The molecule has 0 atom stereocenters. The highest BCUT2D eigenvalue weighted by Gasteiger charge is 2.09. The first-order chi connectivity index (χ1) is 6.59. The quantitative estimate of drug-likeness (QED) is 0.487. The summed E-state index contributed by atoms with van der Waals surface area (Å²) in [7, 11) is 1.94. The van der Waals surface area contributed by atoms with Gasteiger partial charge in [-0.1, -0.05) is 0 Å². The molecule has 0 aliphatic heterocycles. The molecule has 72 valence electrons. The zero-order valence-corrected chi connectivity index (χ0v) is 8.15. The Morgan fingerprint density at radius 1 is 1.14 bits per heavy atom. The Labute approximate surface area is 81.9 Å². The first kappa shape index (κ1) is 8.81. The highest BCUT2D eigenvalue weighted by molar-refractivity contribution is 5.86. The number of benzene rings is 1. The molecule has 3 nitrogen and oxygen atoms in total. The molecule has 0 saturated carbocycles. The Hall–Kier alpha value is -1.77. The second-order valence-corrected chi connectivity index (χ2v) is 3.44. The van der Waals surface area contributed by atoms with Gasteiger partial charge in [0.05, 0.1) is 5.39 Å². The molecule has 2 N–H and O–H groups in total. The van der Waals surface area contributed by atoms with Gasteiger partial charge in [0.25, 0.3) is 0 Å². The van der Waals surface area contributed by atoms with Gasteiger partial charge in [-0.3, -0.25) is 0 Å². The van der Waals surface area contributed by atoms with Crippen molar-refractivity contribution in [3.05, 3.63) is 30.1 Å². The Morgan fingerprint density at radius 3 is 2.50 bits per heavy atom. The molecular formula is C11H12NO2+. The molecule has 14 heavy (non-hydrogen) atoms. The standard InChI is InChI=1S/C11H11NO2/c1-7-9-6-11(14)10(13)5-8(9)3-4-12(7)2/h3-6,14H,1-2H3/p+1. The van der Waals surface area contributed by atoms with E-state index in [1.54, 1.807) is 12.1 Å². The minimum absolute atomic E-state index is 0.0770. The van der Waals surface area contributed by atoms with E-state index in [-0.39, 0.29) is 11.5 Å². The molecule has 2 rings (SSSR count). The van der Waals surface area contributed by atoms with E-state index in [4.69, 9.17) is 0 Å². The van der Waals surface area contributed by atoms with E-state index >= 15 is 0 Å². The second-order valence-electron chi connectivity index (χ2n) is 3.44. The summed E-state index contributed by atoms with van der Waals surface area (Å²) in [5, 5.41) is 20.6. The number of hydrogen-bond acceptors (Lipinski definition) is 2. The molecule has 0 amide bonds. The van der Waals surface area contributed by atoms with Gasteiger partial charge in [0.15, 0.2) is 23.4 Å². The van der Waals surface area contributed by atoms with Gasteiger partial charge >= 0.3 is 0 Å². The van der Waals surface area contributed by atoms with Gasteiger partial charge in [-0.25, -0.2) is 4.57 Å². The van der Waals surface area contributed by atoms with Gasteiger partial charge in [0.1, 0.15) is 7.05 Å². The molecule has 1 heterocycles. The van der Waals surface area contributed by atoms with Gasteiger partial charge in [0, 0.05) is 13.0 Å². The Kier molecular flexibility index (Phi) is 1.81. The maximum Gasteiger partial charge on any atom is 0.185 e.